The minimum absolute atomic E-state index is 0. The number of methoxy groups -OCH3 is 3. The molecule has 3 aromatic rings. The number of benzene rings is 1. The van der Waals surface area contributed by atoms with E-state index in [1.807, 2.05) is 0 Å². The topological polar surface area (TPSA) is 192 Å². The summed E-state index contributed by atoms with van der Waals surface area (Å²) in [5.41, 5.74) is -0.962. The van der Waals surface area contributed by atoms with Crippen LogP contribution in [0, 0.1) is 5.82 Å². The van der Waals surface area contributed by atoms with Crippen LogP contribution < -0.4 is 103 Å². The van der Waals surface area contributed by atoms with Crippen LogP contribution in [0.15, 0.2) is 30.5 Å². The molecule has 1 aliphatic heterocycles. The van der Waals surface area contributed by atoms with Gasteiger partial charge in [-0.2, -0.15) is 4.98 Å². The fraction of sp³-hybridized carbons (Fsp3) is 0.304. The zero-order chi connectivity index (χ0) is 29.2. The average molecular weight is 624 g/mol. The van der Waals surface area contributed by atoms with Crippen LogP contribution in [0.3, 0.4) is 0 Å². The molecule has 1 aromatic carbocycles. The van der Waals surface area contributed by atoms with Gasteiger partial charge in [0.2, 0.25) is 11.7 Å². The quantitative estimate of drug-likeness (QED) is 0.163. The second-order valence-corrected chi connectivity index (χ2v) is 9.78. The molecule has 19 heteroatoms. The Morgan fingerprint density at radius 2 is 1.69 bits per heavy atom. The molecule has 0 saturated carbocycles. The second kappa shape index (κ2) is 14.5. The summed E-state index contributed by atoms with van der Waals surface area (Å²) < 4.78 is 51.6. The zero-order valence-corrected chi connectivity index (χ0v) is 28.8. The molecule has 3 heterocycles. The van der Waals surface area contributed by atoms with Gasteiger partial charge in [-0.25, -0.2) is 14.4 Å². The summed E-state index contributed by atoms with van der Waals surface area (Å²) in [6.07, 6.45) is 0.920. The van der Waals surface area contributed by atoms with Gasteiger partial charge in [0.05, 0.1) is 35.3 Å². The number of hydrogen-bond acceptors (Lipinski definition) is 14. The zero-order valence-electron chi connectivity index (χ0n) is 23.9. The Bertz CT molecular complexity index is 1470. The fourth-order valence-electron chi connectivity index (χ4n) is 3.68. The molecular weight excluding hydrogens is 600 g/mol. The molecule has 2 N–H and O–H groups in total. The molecule has 1 amide bonds. The molecule has 2 aromatic heterocycles. The number of fused-ring (bicyclic) bond motifs is 1. The minimum atomic E-state index is -5.41. The Labute approximate surface area is 284 Å². The number of carbonyl (C=O) groups is 1. The van der Waals surface area contributed by atoms with Crippen LogP contribution in [-0.4, -0.2) is 54.5 Å². The van der Waals surface area contributed by atoms with Crippen molar-refractivity contribution in [2.75, 3.05) is 43.6 Å². The third kappa shape index (κ3) is 8.23. The predicted molar refractivity (Wildman–Crippen MR) is 135 cm³/mol. The Hall–Kier alpha value is -2.24. The van der Waals surface area contributed by atoms with Crippen LogP contribution in [0.2, 0.25) is 0 Å². The fourth-order valence-corrected chi connectivity index (χ4v) is 3.94. The maximum atomic E-state index is 14.7. The summed E-state index contributed by atoms with van der Waals surface area (Å²) in [5, 5.41) is 5.60. The number of nitrogens with one attached hydrogen (secondary N) is 2. The van der Waals surface area contributed by atoms with Crippen molar-refractivity contribution in [3.63, 3.8) is 0 Å². The van der Waals surface area contributed by atoms with Crippen molar-refractivity contribution in [1.29, 1.82) is 0 Å². The average Bonchev–Trinajstić information content (AvgIpc) is 2.89. The first-order chi connectivity index (χ1) is 18.8. The second-order valence-electron chi connectivity index (χ2n) is 8.62. The predicted octanol–water partition coefficient (Wildman–Crippen LogP) is -4.16. The molecule has 15 nitrogen and oxygen atoms in total. The van der Waals surface area contributed by atoms with Crippen molar-refractivity contribution in [3.05, 3.63) is 36.3 Å². The summed E-state index contributed by atoms with van der Waals surface area (Å²) in [7, 11) is -1.04. The van der Waals surface area contributed by atoms with E-state index < -0.39 is 31.9 Å². The van der Waals surface area contributed by atoms with Crippen molar-refractivity contribution < 1.29 is 106 Å². The number of phosphoric ester groups is 1. The van der Waals surface area contributed by atoms with E-state index in [4.69, 9.17) is 18.9 Å². The standard InChI is InChI=1S/C23H26FN6O9P.2Na/c1-23(2)21(31)30(11-38-40(32,33)34)20-14(39-23)6-7-17(28-20)27-19-13(24)10-25-22(29-19)26-12-8-15(35-3)18(37-5)16(9-12)36-4;;/h6-10H,11H2,1-5H3,(H2,32,33,34)(H2,25,26,27,28,29);;/q;2*+1/p-2. The van der Waals surface area contributed by atoms with Crippen LogP contribution >= 0.6 is 7.82 Å². The van der Waals surface area contributed by atoms with Crippen molar-refractivity contribution in [2.45, 2.75) is 19.4 Å². The first kappa shape index (κ1) is 36.0. The van der Waals surface area contributed by atoms with E-state index >= 15 is 0 Å². The Kier molecular flexibility index (Phi) is 12.4. The van der Waals surface area contributed by atoms with E-state index in [9.17, 15) is 23.5 Å². The molecule has 0 unspecified atom stereocenters. The Balaban J connectivity index is 0.00000308. The maximum absolute atomic E-state index is 14.7. The van der Waals surface area contributed by atoms with Gasteiger partial charge < -0.3 is 48.5 Å². The van der Waals surface area contributed by atoms with Gasteiger partial charge >= 0.3 is 59.1 Å². The number of pyridine rings is 1. The van der Waals surface area contributed by atoms with Gasteiger partial charge in [-0.1, -0.05) is 0 Å². The number of halogens is 1. The van der Waals surface area contributed by atoms with Gasteiger partial charge in [0, 0.05) is 17.8 Å². The summed E-state index contributed by atoms with van der Waals surface area (Å²) >= 11 is 0. The normalized spacial score (nSPS) is 13.5. The minimum Gasteiger partial charge on any atom is -0.790 e. The molecule has 0 radical (unpaired) electrons. The van der Waals surface area contributed by atoms with Crippen molar-refractivity contribution in [3.8, 4) is 23.0 Å². The number of anilines is 5. The van der Waals surface area contributed by atoms with E-state index in [2.05, 4.69) is 30.1 Å². The number of rotatable bonds is 10. The number of aromatic nitrogens is 3. The van der Waals surface area contributed by atoms with Crippen molar-refractivity contribution >= 4 is 42.8 Å². The number of nitrogens with zero attached hydrogens (tertiary/aromatic N) is 4. The Morgan fingerprint density at radius 1 is 1.05 bits per heavy atom. The smallest absolute Gasteiger partial charge is 0.790 e. The van der Waals surface area contributed by atoms with Gasteiger partial charge in [0.1, 0.15) is 12.5 Å². The van der Waals surface area contributed by atoms with Gasteiger partial charge in [-0.15, -0.1) is 0 Å². The molecule has 0 spiro atoms. The molecule has 214 valence electrons. The van der Waals surface area contributed by atoms with Gasteiger partial charge in [0.15, 0.2) is 40.3 Å². The van der Waals surface area contributed by atoms with E-state index in [0.29, 0.717) is 22.9 Å². The van der Waals surface area contributed by atoms with Crippen molar-refractivity contribution in [2.24, 2.45) is 0 Å². The molecule has 0 atom stereocenters. The molecule has 0 saturated heterocycles. The molecular formula is C23H24FN6Na2O9P. The third-order valence-electron chi connectivity index (χ3n) is 5.48. The number of hydrogen-bond donors (Lipinski definition) is 2. The number of amides is 1. The molecule has 0 bridgehead atoms. The van der Waals surface area contributed by atoms with Crippen molar-refractivity contribution in [1.82, 2.24) is 15.0 Å². The van der Waals surface area contributed by atoms with Crippen LogP contribution in [0.5, 0.6) is 23.0 Å². The van der Waals surface area contributed by atoms with E-state index in [1.165, 1.54) is 47.3 Å². The number of phosphoric acid groups is 1. The Morgan fingerprint density at radius 3 is 2.26 bits per heavy atom. The summed E-state index contributed by atoms with van der Waals surface area (Å²) in [6, 6.07) is 6.05. The van der Waals surface area contributed by atoms with Gasteiger partial charge in [-0.05, 0) is 26.0 Å². The largest absolute Gasteiger partial charge is 1.00 e. The van der Waals surface area contributed by atoms with E-state index in [-0.39, 0.29) is 88.3 Å². The summed E-state index contributed by atoms with van der Waals surface area (Å²) in [5.74, 6) is -0.806. The molecule has 4 rings (SSSR count). The molecule has 0 aliphatic carbocycles. The summed E-state index contributed by atoms with van der Waals surface area (Å²) in [4.78, 5) is 48.1. The third-order valence-corrected chi connectivity index (χ3v) is 5.91. The molecule has 0 fully saturated rings. The van der Waals surface area contributed by atoms with E-state index in [1.54, 1.807) is 12.1 Å². The SMILES string of the molecule is COc1cc(Nc2ncc(F)c(Nc3ccc4c(n3)N(COP(=O)([O-])[O-])C(=O)C(C)(C)O4)n2)cc(OC)c1OC.[Na+].[Na+]. The van der Waals surface area contributed by atoms with E-state index in [0.717, 1.165) is 11.1 Å². The molecule has 42 heavy (non-hydrogen) atoms. The number of ether oxygens (including phenoxy) is 4. The first-order valence-electron chi connectivity index (χ1n) is 11.4. The van der Waals surface area contributed by atoms with Crippen LogP contribution in [0.4, 0.5) is 33.5 Å². The number of carbonyl (C=O) groups excluding carboxylic acids is 1. The van der Waals surface area contributed by atoms with Crippen LogP contribution in [-0.2, 0) is 13.9 Å². The monoisotopic (exact) mass is 624 g/mol. The van der Waals surface area contributed by atoms with Gasteiger partial charge in [0.25, 0.3) is 5.91 Å². The molecule has 1 aliphatic rings. The summed E-state index contributed by atoms with van der Waals surface area (Å²) in [6.45, 7) is 1.97. The first-order valence-corrected chi connectivity index (χ1v) is 12.9. The van der Waals surface area contributed by atoms with Gasteiger partial charge in [-0.3, -0.25) is 9.69 Å². The maximum Gasteiger partial charge on any atom is 1.00 e. The van der Waals surface area contributed by atoms with Crippen LogP contribution in [0.25, 0.3) is 0 Å². The van der Waals surface area contributed by atoms with Crippen LogP contribution in [0.1, 0.15) is 13.8 Å².